The Bertz CT molecular complexity index is 800. The molecule has 1 aliphatic heterocycles. The van der Waals surface area contributed by atoms with Gasteiger partial charge in [0.25, 0.3) is 11.6 Å². The van der Waals surface area contributed by atoms with Crippen LogP contribution in [0.25, 0.3) is 0 Å². The van der Waals surface area contributed by atoms with Crippen LogP contribution in [0.3, 0.4) is 0 Å². The Hall–Kier alpha value is -3.26. The second-order valence-corrected chi connectivity index (χ2v) is 5.63. The first-order valence-corrected chi connectivity index (χ1v) is 8.16. The van der Waals surface area contributed by atoms with E-state index < -0.39 is 4.92 Å². The number of morpholine rings is 1. The summed E-state index contributed by atoms with van der Waals surface area (Å²) < 4.78 is 5.35. The number of hydrogen-bond donors (Lipinski definition) is 1. The average molecular weight is 354 g/mol. The van der Waals surface area contributed by atoms with E-state index in [-0.39, 0.29) is 11.6 Å². The quantitative estimate of drug-likeness (QED) is 0.395. The lowest BCUT2D eigenvalue weighted by Gasteiger charge is -2.29. The van der Waals surface area contributed by atoms with E-state index >= 15 is 0 Å². The predicted octanol–water partition coefficient (Wildman–Crippen LogP) is 2.34. The monoisotopic (exact) mass is 354 g/mol. The number of benzene rings is 2. The molecule has 2 aromatic carbocycles. The summed E-state index contributed by atoms with van der Waals surface area (Å²) in [7, 11) is 0. The number of non-ortho nitro benzene ring substituents is 1. The summed E-state index contributed by atoms with van der Waals surface area (Å²) in [5.74, 6) is 0.0592. The molecular formula is C18H18N4O4. The number of rotatable bonds is 3. The Labute approximate surface area is 150 Å². The van der Waals surface area contributed by atoms with E-state index in [1.807, 2.05) is 35.2 Å². The van der Waals surface area contributed by atoms with E-state index in [4.69, 9.17) is 4.74 Å². The molecular weight excluding hydrogens is 336 g/mol. The van der Waals surface area contributed by atoms with Gasteiger partial charge >= 0.3 is 0 Å². The van der Waals surface area contributed by atoms with Gasteiger partial charge in [-0.3, -0.25) is 20.2 Å². The molecule has 0 radical (unpaired) electrons. The van der Waals surface area contributed by atoms with Gasteiger partial charge in [0.1, 0.15) is 0 Å². The van der Waals surface area contributed by atoms with Crippen LogP contribution in [0, 0.1) is 10.1 Å². The van der Waals surface area contributed by atoms with E-state index in [1.165, 1.54) is 24.3 Å². The molecule has 8 heteroatoms. The molecule has 1 N–H and O–H groups in total. The number of aliphatic imine (C=N–C) groups is 1. The number of nitro groups is 1. The lowest BCUT2D eigenvalue weighted by atomic mass is 10.2. The van der Waals surface area contributed by atoms with Crippen molar-refractivity contribution in [2.45, 2.75) is 0 Å². The Balaban J connectivity index is 1.81. The normalized spacial score (nSPS) is 14.8. The molecule has 26 heavy (non-hydrogen) atoms. The van der Waals surface area contributed by atoms with Crippen LogP contribution >= 0.6 is 0 Å². The third-order valence-corrected chi connectivity index (χ3v) is 3.87. The highest BCUT2D eigenvalue weighted by molar-refractivity contribution is 6.06. The number of carbonyl (C=O) groups excluding carboxylic acids is 1. The van der Waals surface area contributed by atoms with Crippen LogP contribution in [0.15, 0.2) is 59.6 Å². The van der Waals surface area contributed by atoms with Crippen LogP contribution in [-0.2, 0) is 4.74 Å². The van der Waals surface area contributed by atoms with Crippen molar-refractivity contribution in [1.82, 2.24) is 10.2 Å². The molecule has 1 amide bonds. The Morgan fingerprint density at radius 1 is 1.08 bits per heavy atom. The molecule has 1 fully saturated rings. The number of ether oxygens (including phenoxy) is 1. The molecule has 0 spiro atoms. The van der Waals surface area contributed by atoms with Gasteiger partial charge in [0.2, 0.25) is 5.96 Å². The molecule has 1 aliphatic rings. The highest BCUT2D eigenvalue weighted by Gasteiger charge is 2.19. The van der Waals surface area contributed by atoms with Crippen molar-refractivity contribution < 1.29 is 14.5 Å². The molecule has 3 rings (SSSR count). The molecule has 1 saturated heterocycles. The van der Waals surface area contributed by atoms with Crippen molar-refractivity contribution >= 4 is 23.2 Å². The van der Waals surface area contributed by atoms with Gasteiger partial charge in [-0.1, -0.05) is 18.2 Å². The Morgan fingerprint density at radius 3 is 2.35 bits per heavy atom. The van der Waals surface area contributed by atoms with Crippen LogP contribution in [0.4, 0.5) is 11.4 Å². The minimum atomic E-state index is -0.502. The van der Waals surface area contributed by atoms with Gasteiger partial charge in [0.15, 0.2) is 0 Å². The SMILES string of the molecule is O=C(NC(=Nc1ccccc1)N1CCOCC1)c1ccc([N+](=O)[O-])cc1. The number of nitro benzene ring substituents is 1. The van der Waals surface area contributed by atoms with Crippen molar-refractivity contribution in [3.05, 3.63) is 70.3 Å². The number of nitrogens with one attached hydrogen (secondary N) is 1. The molecule has 1 heterocycles. The van der Waals surface area contributed by atoms with E-state index in [0.29, 0.717) is 37.8 Å². The van der Waals surface area contributed by atoms with Crippen molar-refractivity contribution in [2.75, 3.05) is 26.3 Å². The molecule has 2 aromatic rings. The first-order valence-electron chi connectivity index (χ1n) is 8.16. The zero-order chi connectivity index (χ0) is 18.4. The smallest absolute Gasteiger partial charge is 0.269 e. The molecule has 8 nitrogen and oxygen atoms in total. The van der Waals surface area contributed by atoms with Crippen LogP contribution in [0.5, 0.6) is 0 Å². The standard InChI is InChI=1S/C18H18N4O4/c23-17(14-6-8-16(9-7-14)22(24)25)20-18(21-10-12-26-13-11-21)19-15-4-2-1-3-5-15/h1-9H,10-13H2,(H,19,20,23). The van der Waals surface area contributed by atoms with Crippen molar-refractivity contribution in [1.29, 1.82) is 0 Å². The van der Waals surface area contributed by atoms with Crippen LogP contribution in [-0.4, -0.2) is 48.0 Å². The third kappa shape index (κ3) is 4.42. The van der Waals surface area contributed by atoms with E-state index in [0.717, 1.165) is 5.69 Å². The summed E-state index contributed by atoms with van der Waals surface area (Å²) in [6.07, 6.45) is 0. The van der Waals surface area contributed by atoms with Crippen LogP contribution < -0.4 is 5.32 Å². The van der Waals surface area contributed by atoms with Gasteiger partial charge in [0, 0.05) is 30.8 Å². The fraction of sp³-hybridized carbons (Fsp3) is 0.222. The molecule has 0 unspecified atom stereocenters. The van der Waals surface area contributed by atoms with Gasteiger partial charge in [-0.2, -0.15) is 0 Å². The lowest BCUT2D eigenvalue weighted by molar-refractivity contribution is -0.384. The minimum Gasteiger partial charge on any atom is -0.378 e. The summed E-state index contributed by atoms with van der Waals surface area (Å²) in [6.45, 7) is 2.35. The highest BCUT2D eigenvalue weighted by Crippen LogP contribution is 2.14. The largest absolute Gasteiger partial charge is 0.378 e. The first-order chi connectivity index (χ1) is 12.6. The summed E-state index contributed by atoms with van der Waals surface area (Å²) in [6, 6.07) is 14.8. The van der Waals surface area contributed by atoms with E-state index in [1.54, 1.807) is 0 Å². The summed E-state index contributed by atoms with van der Waals surface area (Å²) in [4.78, 5) is 29.3. The summed E-state index contributed by atoms with van der Waals surface area (Å²) in [5.41, 5.74) is 0.982. The van der Waals surface area contributed by atoms with Crippen molar-refractivity contribution in [3.63, 3.8) is 0 Å². The van der Waals surface area contributed by atoms with E-state index in [9.17, 15) is 14.9 Å². The number of carbonyl (C=O) groups is 1. The Kier molecular flexibility index (Phi) is 5.55. The van der Waals surface area contributed by atoms with Gasteiger partial charge in [0.05, 0.1) is 23.8 Å². The van der Waals surface area contributed by atoms with Crippen molar-refractivity contribution in [3.8, 4) is 0 Å². The van der Waals surface area contributed by atoms with Gasteiger partial charge in [-0.15, -0.1) is 0 Å². The molecule has 0 atom stereocenters. The van der Waals surface area contributed by atoms with Crippen LogP contribution in [0.2, 0.25) is 0 Å². The average Bonchev–Trinajstić information content (AvgIpc) is 2.69. The summed E-state index contributed by atoms with van der Waals surface area (Å²) in [5, 5.41) is 13.5. The van der Waals surface area contributed by atoms with Gasteiger partial charge in [-0.05, 0) is 24.3 Å². The second kappa shape index (κ2) is 8.21. The number of nitrogens with zero attached hydrogens (tertiary/aromatic N) is 3. The number of amides is 1. The molecule has 134 valence electrons. The highest BCUT2D eigenvalue weighted by atomic mass is 16.6. The zero-order valence-electron chi connectivity index (χ0n) is 14.0. The molecule has 0 aliphatic carbocycles. The lowest BCUT2D eigenvalue weighted by Crippen LogP contribution is -2.48. The maximum atomic E-state index is 12.5. The Morgan fingerprint density at radius 2 is 1.73 bits per heavy atom. The fourth-order valence-corrected chi connectivity index (χ4v) is 2.49. The molecule has 0 aromatic heterocycles. The van der Waals surface area contributed by atoms with E-state index in [2.05, 4.69) is 10.3 Å². The molecule has 0 bridgehead atoms. The zero-order valence-corrected chi connectivity index (χ0v) is 14.0. The number of hydrogen-bond acceptors (Lipinski definition) is 5. The fourth-order valence-electron chi connectivity index (χ4n) is 2.49. The summed E-state index contributed by atoms with van der Waals surface area (Å²) >= 11 is 0. The molecule has 0 saturated carbocycles. The number of guanidine groups is 1. The van der Waals surface area contributed by atoms with Gasteiger partial charge in [-0.25, -0.2) is 4.99 Å². The second-order valence-electron chi connectivity index (χ2n) is 5.63. The van der Waals surface area contributed by atoms with Crippen molar-refractivity contribution in [2.24, 2.45) is 4.99 Å². The topological polar surface area (TPSA) is 97.1 Å². The minimum absolute atomic E-state index is 0.0621. The maximum absolute atomic E-state index is 12.5. The first kappa shape index (κ1) is 17.6. The maximum Gasteiger partial charge on any atom is 0.269 e. The van der Waals surface area contributed by atoms with Gasteiger partial charge < -0.3 is 9.64 Å². The predicted molar refractivity (Wildman–Crippen MR) is 96.5 cm³/mol. The number of para-hydroxylation sites is 1. The van der Waals surface area contributed by atoms with Crippen LogP contribution in [0.1, 0.15) is 10.4 Å². The third-order valence-electron chi connectivity index (χ3n) is 3.87.